The van der Waals surface area contributed by atoms with E-state index in [0.717, 1.165) is 19.3 Å². The van der Waals surface area contributed by atoms with Gasteiger partial charge in [-0.3, -0.25) is 4.79 Å². The van der Waals surface area contributed by atoms with Crippen molar-refractivity contribution in [3.63, 3.8) is 0 Å². The third-order valence-corrected chi connectivity index (χ3v) is 1.96. The molecule has 2 heteroatoms. The van der Waals surface area contributed by atoms with Gasteiger partial charge in [0.05, 0.1) is 0 Å². The first-order chi connectivity index (χ1) is 5.22. The minimum atomic E-state index is 0.0972. The van der Waals surface area contributed by atoms with E-state index in [-0.39, 0.29) is 18.3 Å². The fourth-order valence-corrected chi connectivity index (χ4v) is 1.16. The van der Waals surface area contributed by atoms with Gasteiger partial charge in [-0.1, -0.05) is 19.8 Å². The summed E-state index contributed by atoms with van der Waals surface area (Å²) in [5.74, 6) is 0.312. The molecule has 0 aliphatic carbocycles. The maximum atomic E-state index is 10.9. The molecule has 0 aliphatic heterocycles. The molecule has 0 aromatic carbocycles. The summed E-state index contributed by atoms with van der Waals surface area (Å²) in [5, 5.41) is 8.63. The SMILES string of the molecule is CCCCC(CCO)C(C)=O. The molecule has 1 unspecified atom stereocenters. The predicted molar refractivity (Wildman–Crippen MR) is 45.4 cm³/mol. The molecule has 1 atom stereocenters. The molecule has 66 valence electrons. The average molecular weight is 158 g/mol. The number of hydrogen-bond donors (Lipinski definition) is 1. The molecule has 0 saturated carbocycles. The van der Waals surface area contributed by atoms with Crippen LogP contribution in [-0.4, -0.2) is 17.5 Å². The lowest BCUT2D eigenvalue weighted by atomic mass is 9.95. The third-order valence-electron chi connectivity index (χ3n) is 1.96. The van der Waals surface area contributed by atoms with E-state index in [1.807, 2.05) is 0 Å². The minimum Gasteiger partial charge on any atom is -0.396 e. The molecule has 0 fully saturated rings. The molecular formula is C9H18O2. The highest BCUT2D eigenvalue weighted by atomic mass is 16.3. The van der Waals surface area contributed by atoms with Crippen LogP contribution >= 0.6 is 0 Å². The lowest BCUT2D eigenvalue weighted by Gasteiger charge is -2.10. The van der Waals surface area contributed by atoms with E-state index >= 15 is 0 Å². The summed E-state index contributed by atoms with van der Waals surface area (Å²) in [4.78, 5) is 10.9. The summed E-state index contributed by atoms with van der Waals surface area (Å²) in [6, 6.07) is 0. The standard InChI is InChI=1S/C9H18O2/c1-3-4-5-9(6-7-10)8(2)11/h9-10H,3-7H2,1-2H3. The zero-order valence-electron chi connectivity index (χ0n) is 7.47. The minimum absolute atomic E-state index is 0.0972. The van der Waals surface area contributed by atoms with E-state index in [1.54, 1.807) is 6.92 Å². The van der Waals surface area contributed by atoms with Crippen molar-refractivity contribution >= 4 is 5.78 Å². The fourth-order valence-electron chi connectivity index (χ4n) is 1.16. The lowest BCUT2D eigenvalue weighted by Crippen LogP contribution is -2.12. The van der Waals surface area contributed by atoms with Gasteiger partial charge >= 0.3 is 0 Å². The van der Waals surface area contributed by atoms with Gasteiger partial charge in [-0.05, 0) is 19.8 Å². The van der Waals surface area contributed by atoms with Crippen molar-refractivity contribution in [1.82, 2.24) is 0 Å². The highest BCUT2D eigenvalue weighted by molar-refractivity contribution is 5.78. The van der Waals surface area contributed by atoms with Gasteiger partial charge in [-0.15, -0.1) is 0 Å². The van der Waals surface area contributed by atoms with Gasteiger partial charge in [0.1, 0.15) is 5.78 Å². The van der Waals surface area contributed by atoms with Crippen molar-refractivity contribution < 1.29 is 9.90 Å². The second-order valence-corrected chi connectivity index (χ2v) is 2.96. The van der Waals surface area contributed by atoms with Crippen molar-refractivity contribution in [2.75, 3.05) is 6.61 Å². The third kappa shape index (κ3) is 4.96. The number of ketones is 1. The second kappa shape index (κ2) is 6.35. The topological polar surface area (TPSA) is 37.3 Å². The molecule has 0 amide bonds. The zero-order chi connectivity index (χ0) is 8.69. The Labute approximate surface area is 68.6 Å². The summed E-state index contributed by atoms with van der Waals surface area (Å²) in [5.41, 5.74) is 0. The molecule has 0 saturated heterocycles. The first kappa shape index (κ1) is 10.6. The molecule has 1 N–H and O–H groups in total. The van der Waals surface area contributed by atoms with E-state index in [2.05, 4.69) is 6.92 Å². The van der Waals surface area contributed by atoms with Gasteiger partial charge in [-0.2, -0.15) is 0 Å². The summed E-state index contributed by atoms with van der Waals surface area (Å²) >= 11 is 0. The number of aliphatic hydroxyl groups excluding tert-OH is 1. The van der Waals surface area contributed by atoms with E-state index in [4.69, 9.17) is 5.11 Å². The molecule has 0 aromatic rings. The molecule has 0 radical (unpaired) electrons. The van der Waals surface area contributed by atoms with Crippen LogP contribution in [0.2, 0.25) is 0 Å². The van der Waals surface area contributed by atoms with Gasteiger partial charge in [0.15, 0.2) is 0 Å². The van der Waals surface area contributed by atoms with E-state index in [9.17, 15) is 4.79 Å². The summed E-state index contributed by atoms with van der Waals surface area (Å²) in [6.45, 7) is 3.85. The van der Waals surface area contributed by atoms with Crippen LogP contribution in [0.15, 0.2) is 0 Å². The Morgan fingerprint density at radius 2 is 2.09 bits per heavy atom. The Kier molecular flexibility index (Phi) is 6.13. The van der Waals surface area contributed by atoms with Crippen LogP contribution in [0.25, 0.3) is 0 Å². The highest BCUT2D eigenvalue weighted by Gasteiger charge is 2.11. The zero-order valence-corrected chi connectivity index (χ0v) is 7.47. The van der Waals surface area contributed by atoms with Crippen LogP contribution in [0.1, 0.15) is 39.5 Å². The molecular weight excluding hydrogens is 140 g/mol. The summed E-state index contributed by atoms with van der Waals surface area (Å²) in [7, 11) is 0. The number of unbranched alkanes of at least 4 members (excludes halogenated alkanes) is 1. The van der Waals surface area contributed by atoms with Gasteiger partial charge in [0.25, 0.3) is 0 Å². The Morgan fingerprint density at radius 1 is 1.45 bits per heavy atom. The van der Waals surface area contributed by atoms with Crippen molar-refractivity contribution in [1.29, 1.82) is 0 Å². The van der Waals surface area contributed by atoms with Crippen LogP contribution in [0.4, 0.5) is 0 Å². The largest absolute Gasteiger partial charge is 0.396 e. The second-order valence-electron chi connectivity index (χ2n) is 2.96. The average Bonchev–Trinajstić information content (AvgIpc) is 1.97. The van der Waals surface area contributed by atoms with E-state index in [0.29, 0.717) is 6.42 Å². The highest BCUT2D eigenvalue weighted by Crippen LogP contribution is 2.12. The predicted octanol–water partition coefficient (Wildman–Crippen LogP) is 1.76. The summed E-state index contributed by atoms with van der Waals surface area (Å²) < 4.78 is 0. The van der Waals surface area contributed by atoms with Crippen LogP contribution in [0.3, 0.4) is 0 Å². The van der Waals surface area contributed by atoms with Crippen molar-refractivity contribution in [2.45, 2.75) is 39.5 Å². The number of carbonyl (C=O) groups is 1. The maximum absolute atomic E-state index is 10.9. The summed E-state index contributed by atoms with van der Waals surface area (Å²) in [6.07, 6.45) is 3.78. The molecule has 0 aromatic heterocycles. The monoisotopic (exact) mass is 158 g/mol. The molecule has 2 nitrogen and oxygen atoms in total. The first-order valence-electron chi connectivity index (χ1n) is 4.33. The maximum Gasteiger partial charge on any atom is 0.132 e. The van der Waals surface area contributed by atoms with E-state index in [1.165, 1.54) is 0 Å². The Morgan fingerprint density at radius 3 is 2.45 bits per heavy atom. The normalized spacial score (nSPS) is 13.0. The number of Topliss-reactive ketones (excluding diaryl/α,β-unsaturated/α-hetero) is 1. The van der Waals surface area contributed by atoms with Gasteiger partial charge < -0.3 is 5.11 Å². The Hall–Kier alpha value is -0.370. The number of hydrogen-bond acceptors (Lipinski definition) is 2. The van der Waals surface area contributed by atoms with Gasteiger partial charge in [0, 0.05) is 12.5 Å². The molecule has 0 bridgehead atoms. The van der Waals surface area contributed by atoms with Crippen LogP contribution in [-0.2, 0) is 4.79 Å². The molecule has 0 rings (SSSR count). The van der Waals surface area contributed by atoms with Crippen molar-refractivity contribution in [3.05, 3.63) is 0 Å². The first-order valence-corrected chi connectivity index (χ1v) is 4.33. The molecule has 0 heterocycles. The van der Waals surface area contributed by atoms with E-state index < -0.39 is 0 Å². The van der Waals surface area contributed by atoms with Gasteiger partial charge in [-0.25, -0.2) is 0 Å². The number of carbonyl (C=O) groups excluding carboxylic acids is 1. The van der Waals surface area contributed by atoms with Crippen molar-refractivity contribution in [2.24, 2.45) is 5.92 Å². The number of rotatable bonds is 6. The molecule has 0 spiro atoms. The fraction of sp³-hybridized carbons (Fsp3) is 0.889. The number of aliphatic hydroxyl groups is 1. The lowest BCUT2D eigenvalue weighted by molar-refractivity contribution is -0.121. The quantitative estimate of drug-likeness (QED) is 0.639. The van der Waals surface area contributed by atoms with Crippen molar-refractivity contribution in [3.8, 4) is 0 Å². The smallest absolute Gasteiger partial charge is 0.132 e. The Balaban J connectivity index is 3.60. The van der Waals surface area contributed by atoms with Crippen LogP contribution in [0.5, 0.6) is 0 Å². The van der Waals surface area contributed by atoms with Crippen LogP contribution in [0, 0.1) is 5.92 Å². The van der Waals surface area contributed by atoms with Crippen LogP contribution < -0.4 is 0 Å². The molecule has 11 heavy (non-hydrogen) atoms. The Bertz CT molecular complexity index is 110. The molecule has 0 aliphatic rings. The van der Waals surface area contributed by atoms with Gasteiger partial charge in [0.2, 0.25) is 0 Å².